The number of amides is 1. The maximum Gasteiger partial charge on any atom is 0.251 e. The quantitative estimate of drug-likeness (QED) is 0.852. The largest absolute Gasteiger partial charge is 0.376 e. The van der Waals surface area contributed by atoms with Crippen LogP contribution in [0.4, 0.5) is 0 Å². The average Bonchev–Trinajstić information content (AvgIpc) is 2.46. The van der Waals surface area contributed by atoms with Crippen molar-refractivity contribution in [1.82, 2.24) is 5.32 Å². The fourth-order valence-corrected chi connectivity index (χ4v) is 2.24. The van der Waals surface area contributed by atoms with Crippen LogP contribution in [0.3, 0.4) is 0 Å². The molecule has 18 heavy (non-hydrogen) atoms. The molecule has 1 saturated heterocycles. The maximum atomic E-state index is 11.9. The number of hydrogen-bond acceptors (Lipinski definition) is 2. The van der Waals surface area contributed by atoms with E-state index in [9.17, 15) is 4.79 Å². The van der Waals surface area contributed by atoms with E-state index < -0.39 is 0 Å². The lowest BCUT2D eigenvalue weighted by atomic mass is 10.1. The molecule has 4 heteroatoms. The van der Waals surface area contributed by atoms with E-state index in [-0.39, 0.29) is 12.0 Å². The lowest BCUT2D eigenvalue weighted by molar-refractivity contribution is 0.0169. The fourth-order valence-electron chi connectivity index (χ4n) is 2.07. The SMILES string of the molecule is O=C(NCC1CCCCO1)c1cccc(CCl)c1. The van der Waals surface area contributed by atoms with Gasteiger partial charge in [-0.25, -0.2) is 0 Å². The molecule has 1 atom stereocenters. The summed E-state index contributed by atoms with van der Waals surface area (Å²) in [6, 6.07) is 7.38. The Bertz CT molecular complexity index is 403. The van der Waals surface area contributed by atoms with Crippen LogP contribution in [0.5, 0.6) is 0 Å². The van der Waals surface area contributed by atoms with Crippen molar-refractivity contribution in [2.45, 2.75) is 31.2 Å². The van der Waals surface area contributed by atoms with Gasteiger partial charge < -0.3 is 10.1 Å². The Hall–Kier alpha value is -1.06. The molecule has 2 rings (SSSR count). The summed E-state index contributed by atoms with van der Waals surface area (Å²) in [7, 11) is 0. The first-order valence-corrected chi connectivity index (χ1v) is 6.88. The van der Waals surface area contributed by atoms with Crippen LogP contribution in [0, 0.1) is 0 Å². The van der Waals surface area contributed by atoms with Crippen molar-refractivity contribution in [1.29, 1.82) is 0 Å². The highest BCUT2D eigenvalue weighted by Crippen LogP contribution is 2.12. The van der Waals surface area contributed by atoms with Gasteiger partial charge in [-0.2, -0.15) is 0 Å². The molecule has 1 N–H and O–H groups in total. The maximum absolute atomic E-state index is 11.9. The molecule has 1 fully saturated rings. The van der Waals surface area contributed by atoms with Crippen LogP contribution < -0.4 is 5.32 Å². The zero-order chi connectivity index (χ0) is 12.8. The van der Waals surface area contributed by atoms with Crippen LogP contribution in [0.25, 0.3) is 0 Å². The van der Waals surface area contributed by atoms with Crippen molar-refractivity contribution in [2.75, 3.05) is 13.2 Å². The first-order valence-electron chi connectivity index (χ1n) is 6.34. The molecule has 1 unspecified atom stereocenters. The molecule has 0 bridgehead atoms. The molecule has 98 valence electrons. The highest BCUT2D eigenvalue weighted by atomic mass is 35.5. The van der Waals surface area contributed by atoms with Gasteiger partial charge in [0, 0.05) is 24.6 Å². The number of carbonyl (C=O) groups excluding carboxylic acids is 1. The van der Waals surface area contributed by atoms with E-state index in [1.54, 1.807) is 6.07 Å². The van der Waals surface area contributed by atoms with Gasteiger partial charge in [0.25, 0.3) is 5.91 Å². The summed E-state index contributed by atoms with van der Waals surface area (Å²) in [5, 5.41) is 2.91. The van der Waals surface area contributed by atoms with Crippen LogP contribution in [-0.4, -0.2) is 25.2 Å². The highest BCUT2D eigenvalue weighted by Gasteiger charge is 2.15. The zero-order valence-corrected chi connectivity index (χ0v) is 11.1. The van der Waals surface area contributed by atoms with E-state index in [2.05, 4.69) is 5.32 Å². The van der Waals surface area contributed by atoms with Crippen LogP contribution in [0.1, 0.15) is 35.2 Å². The van der Waals surface area contributed by atoms with Gasteiger partial charge in [0.15, 0.2) is 0 Å². The molecule has 3 nitrogen and oxygen atoms in total. The number of carbonyl (C=O) groups is 1. The molecular weight excluding hydrogens is 250 g/mol. The zero-order valence-electron chi connectivity index (χ0n) is 10.3. The number of ether oxygens (including phenoxy) is 1. The fraction of sp³-hybridized carbons (Fsp3) is 0.500. The molecule has 0 aliphatic carbocycles. The molecule has 1 heterocycles. The third-order valence-electron chi connectivity index (χ3n) is 3.11. The summed E-state index contributed by atoms with van der Waals surface area (Å²) in [5.74, 6) is 0.364. The summed E-state index contributed by atoms with van der Waals surface area (Å²) < 4.78 is 5.57. The van der Waals surface area contributed by atoms with Crippen LogP contribution in [0.2, 0.25) is 0 Å². The molecule has 1 aliphatic heterocycles. The van der Waals surface area contributed by atoms with Gasteiger partial charge >= 0.3 is 0 Å². The molecule has 1 amide bonds. The highest BCUT2D eigenvalue weighted by molar-refractivity contribution is 6.17. The van der Waals surface area contributed by atoms with Crippen molar-refractivity contribution < 1.29 is 9.53 Å². The van der Waals surface area contributed by atoms with Gasteiger partial charge in [0.1, 0.15) is 0 Å². The Balaban J connectivity index is 1.86. The van der Waals surface area contributed by atoms with E-state index in [0.29, 0.717) is 18.0 Å². The van der Waals surface area contributed by atoms with Crippen molar-refractivity contribution in [2.24, 2.45) is 0 Å². The summed E-state index contributed by atoms with van der Waals surface area (Å²) in [5.41, 5.74) is 1.61. The average molecular weight is 268 g/mol. The number of halogens is 1. The van der Waals surface area contributed by atoms with Crippen molar-refractivity contribution >= 4 is 17.5 Å². The van der Waals surface area contributed by atoms with Crippen molar-refractivity contribution in [3.63, 3.8) is 0 Å². The number of hydrogen-bond donors (Lipinski definition) is 1. The van der Waals surface area contributed by atoms with Gasteiger partial charge in [0.2, 0.25) is 0 Å². The lowest BCUT2D eigenvalue weighted by Gasteiger charge is -2.22. The second kappa shape index (κ2) is 6.76. The minimum atomic E-state index is -0.0591. The smallest absolute Gasteiger partial charge is 0.251 e. The predicted octanol–water partition coefficient (Wildman–Crippen LogP) is 2.72. The van der Waals surface area contributed by atoms with Gasteiger partial charge in [-0.05, 0) is 37.0 Å². The molecule has 1 aromatic carbocycles. The summed E-state index contributed by atoms with van der Waals surface area (Å²) in [4.78, 5) is 11.9. The number of benzene rings is 1. The van der Waals surface area contributed by atoms with Crippen molar-refractivity contribution in [3.8, 4) is 0 Å². The van der Waals surface area contributed by atoms with Gasteiger partial charge in [-0.15, -0.1) is 11.6 Å². The molecule has 1 aliphatic rings. The first-order chi connectivity index (χ1) is 8.79. The van der Waals surface area contributed by atoms with E-state index in [4.69, 9.17) is 16.3 Å². The molecule has 0 radical (unpaired) electrons. The van der Waals surface area contributed by atoms with Crippen molar-refractivity contribution in [3.05, 3.63) is 35.4 Å². The summed E-state index contributed by atoms with van der Waals surface area (Å²) >= 11 is 5.75. The second-order valence-electron chi connectivity index (χ2n) is 4.53. The van der Waals surface area contributed by atoms with E-state index in [0.717, 1.165) is 25.0 Å². The Morgan fingerprint density at radius 2 is 2.33 bits per heavy atom. The Morgan fingerprint density at radius 1 is 1.44 bits per heavy atom. The van der Waals surface area contributed by atoms with Crippen LogP contribution in [-0.2, 0) is 10.6 Å². The summed E-state index contributed by atoms with van der Waals surface area (Å²) in [6.45, 7) is 1.40. The van der Waals surface area contributed by atoms with Gasteiger partial charge in [-0.1, -0.05) is 12.1 Å². The van der Waals surface area contributed by atoms with E-state index in [1.807, 2.05) is 18.2 Å². The third-order valence-corrected chi connectivity index (χ3v) is 3.42. The normalized spacial score (nSPS) is 19.5. The molecule has 0 spiro atoms. The number of nitrogens with one attached hydrogen (secondary N) is 1. The molecule has 0 aromatic heterocycles. The standard InChI is InChI=1S/C14H18ClNO2/c15-9-11-4-3-5-12(8-11)14(17)16-10-13-6-1-2-7-18-13/h3-5,8,13H,1-2,6-7,9-10H2,(H,16,17). The molecule has 1 aromatic rings. The van der Waals surface area contributed by atoms with Crippen LogP contribution >= 0.6 is 11.6 Å². The minimum Gasteiger partial charge on any atom is -0.376 e. The predicted molar refractivity (Wildman–Crippen MR) is 71.9 cm³/mol. The van der Waals surface area contributed by atoms with Gasteiger partial charge in [0.05, 0.1) is 6.10 Å². The third kappa shape index (κ3) is 3.72. The van der Waals surface area contributed by atoms with E-state index >= 15 is 0 Å². The first kappa shape index (κ1) is 13.4. The van der Waals surface area contributed by atoms with Gasteiger partial charge in [-0.3, -0.25) is 4.79 Å². The topological polar surface area (TPSA) is 38.3 Å². The second-order valence-corrected chi connectivity index (χ2v) is 4.80. The number of alkyl halides is 1. The Morgan fingerprint density at radius 3 is 3.06 bits per heavy atom. The lowest BCUT2D eigenvalue weighted by Crippen LogP contribution is -2.35. The van der Waals surface area contributed by atoms with E-state index in [1.165, 1.54) is 6.42 Å². The molecular formula is C14H18ClNO2. The molecule has 0 saturated carbocycles. The summed E-state index contributed by atoms with van der Waals surface area (Å²) in [6.07, 6.45) is 3.51. The monoisotopic (exact) mass is 267 g/mol. The van der Waals surface area contributed by atoms with Crippen LogP contribution in [0.15, 0.2) is 24.3 Å². The number of rotatable bonds is 4. The Kier molecular flexibility index (Phi) is 5.02. The Labute approximate surface area is 112 Å². The minimum absolute atomic E-state index is 0.0591.